The Balaban J connectivity index is 1.50. The maximum atomic E-state index is 12.8. The third-order valence-corrected chi connectivity index (χ3v) is 11.4. The summed E-state index contributed by atoms with van der Waals surface area (Å²) in [5.41, 5.74) is 0.350. The van der Waals surface area contributed by atoms with Gasteiger partial charge in [-0.25, -0.2) is 0 Å². The number of hydrogen-bond donors (Lipinski definition) is 0. The van der Waals surface area contributed by atoms with E-state index in [2.05, 4.69) is 13.8 Å². The van der Waals surface area contributed by atoms with Crippen LogP contribution < -0.4 is 0 Å². The Kier molecular flexibility index (Phi) is 5.81. The lowest BCUT2D eigenvalue weighted by atomic mass is 9.46. The molecule has 34 heavy (non-hydrogen) atoms. The largest absolute Gasteiger partial charge is 0.465 e. The van der Waals surface area contributed by atoms with E-state index in [0.29, 0.717) is 30.6 Å². The fourth-order valence-electron chi connectivity index (χ4n) is 8.57. The highest BCUT2D eigenvalue weighted by molar-refractivity contribution is 8.14. The molecule has 7 heteroatoms. The van der Waals surface area contributed by atoms with Gasteiger partial charge in [-0.2, -0.15) is 0 Å². The van der Waals surface area contributed by atoms with Gasteiger partial charge in [-0.1, -0.05) is 31.2 Å². The van der Waals surface area contributed by atoms with Gasteiger partial charge in [0.1, 0.15) is 5.60 Å². The van der Waals surface area contributed by atoms with Crippen LogP contribution in [0.25, 0.3) is 0 Å². The highest BCUT2D eigenvalue weighted by Crippen LogP contribution is 2.71. The Labute approximate surface area is 206 Å². The van der Waals surface area contributed by atoms with E-state index in [1.165, 1.54) is 17.3 Å². The summed E-state index contributed by atoms with van der Waals surface area (Å²) in [4.78, 5) is 49.9. The first-order chi connectivity index (χ1) is 16.0. The third kappa shape index (κ3) is 3.35. The highest BCUT2D eigenvalue weighted by Gasteiger charge is 2.70. The Morgan fingerprint density at radius 3 is 2.59 bits per heavy atom. The number of ether oxygens (including phenoxy) is 2. The maximum Gasteiger partial charge on any atom is 0.321 e. The van der Waals surface area contributed by atoms with Crippen LogP contribution in [0, 0.1) is 34.5 Å². The summed E-state index contributed by atoms with van der Waals surface area (Å²) in [5.74, 6) is -0.496. The number of thioether (sulfide) groups is 1. The van der Waals surface area contributed by atoms with Crippen LogP contribution in [-0.4, -0.2) is 40.3 Å². The van der Waals surface area contributed by atoms with Gasteiger partial charge in [0.2, 0.25) is 0 Å². The quantitative estimate of drug-likeness (QED) is 0.422. The molecule has 0 N–H and O–H groups in total. The second-order valence-corrected chi connectivity index (χ2v) is 13.0. The zero-order chi connectivity index (χ0) is 24.5. The summed E-state index contributed by atoms with van der Waals surface area (Å²) < 4.78 is 11.3. The van der Waals surface area contributed by atoms with Gasteiger partial charge >= 0.3 is 11.9 Å². The Morgan fingerprint density at radius 2 is 1.88 bits per heavy atom. The lowest BCUT2D eigenvalue weighted by molar-refractivity contribution is -0.169. The number of carbonyl (C=O) groups is 4. The number of hydrogen-bond acceptors (Lipinski definition) is 7. The minimum Gasteiger partial charge on any atom is -0.465 e. The summed E-state index contributed by atoms with van der Waals surface area (Å²) in [6.45, 7) is 8.22. The first-order valence-electron chi connectivity index (χ1n) is 12.9. The van der Waals surface area contributed by atoms with Crippen LogP contribution in [0.4, 0.5) is 0 Å². The van der Waals surface area contributed by atoms with Crippen LogP contribution in [0.1, 0.15) is 79.1 Å². The van der Waals surface area contributed by atoms with Crippen molar-refractivity contribution in [2.75, 3.05) is 6.61 Å². The van der Waals surface area contributed by atoms with Crippen molar-refractivity contribution in [1.29, 1.82) is 0 Å². The molecule has 0 aromatic heterocycles. The number of esters is 2. The second-order valence-electron chi connectivity index (χ2n) is 11.6. The van der Waals surface area contributed by atoms with Gasteiger partial charge in [0.15, 0.2) is 16.8 Å². The molecular formula is C27H36O6S. The molecule has 1 aliphatic heterocycles. The molecule has 0 amide bonds. The number of allylic oxidation sites excluding steroid dienone is 1. The van der Waals surface area contributed by atoms with E-state index in [4.69, 9.17) is 9.47 Å². The van der Waals surface area contributed by atoms with Crippen molar-refractivity contribution in [3.8, 4) is 0 Å². The average molecular weight is 489 g/mol. The van der Waals surface area contributed by atoms with Crippen LogP contribution in [0.5, 0.6) is 0 Å². The standard InChI is InChI=1S/C27H36O6S/c1-5-32-23(30)18-14-27(33-24(18)31)11-8-20-22-19(7-10-26(20,27)4)25(3)9-6-17(29)12-16(25)13-21(22)34-15(2)28/h12,18-22H,5-11,13-14H2,1-4H3/t18?,19-,20-,21?,22+,25-,26-,27+/m0/s1. The zero-order valence-electron chi connectivity index (χ0n) is 20.7. The summed E-state index contributed by atoms with van der Waals surface area (Å²) in [6, 6.07) is 0. The fraction of sp³-hybridized carbons (Fsp3) is 0.778. The van der Waals surface area contributed by atoms with Crippen molar-refractivity contribution in [1.82, 2.24) is 0 Å². The molecule has 1 heterocycles. The first-order valence-corrected chi connectivity index (χ1v) is 13.7. The number of fused-ring (bicyclic) bond motifs is 6. The summed E-state index contributed by atoms with van der Waals surface area (Å²) >= 11 is 1.44. The van der Waals surface area contributed by atoms with Crippen molar-refractivity contribution in [2.45, 2.75) is 89.9 Å². The van der Waals surface area contributed by atoms with E-state index >= 15 is 0 Å². The zero-order valence-corrected chi connectivity index (χ0v) is 21.5. The molecule has 0 aromatic carbocycles. The minimum absolute atomic E-state index is 0.0106. The summed E-state index contributed by atoms with van der Waals surface area (Å²) in [7, 11) is 0. The molecule has 186 valence electrons. The average Bonchev–Trinajstić information content (AvgIpc) is 3.26. The second kappa shape index (κ2) is 8.21. The molecule has 0 aromatic rings. The van der Waals surface area contributed by atoms with E-state index < -0.39 is 23.5 Å². The van der Waals surface area contributed by atoms with Crippen molar-refractivity contribution in [2.24, 2.45) is 34.5 Å². The van der Waals surface area contributed by atoms with E-state index in [1.54, 1.807) is 13.8 Å². The molecule has 5 rings (SSSR count). The molecule has 0 bridgehead atoms. The molecule has 0 radical (unpaired) electrons. The normalized spacial score (nSPS) is 45.2. The van der Waals surface area contributed by atoms with Crippen molar-refractivity contribution in [3.63, 3.8) is 0 Å². The van der Waals surface area contributed by atoms with E-state index in [0.717, 1.165) is 38.5 Å². The monoisotopic (exact) mass is 488 g/mol. The van der Waals surface area contributed by atoms with Gasteiger partial charge in [-0.15, -0.1) is 0 Å². The van der Waals surface area contributed by atoms with E-state index in [1.807, 2.05) is 6.08 Å². The number of rotatable bonds is 3. The smallest absolute Gasteiger partial charge is 0.321 e. The molecule has 4 aliphatic carbocycles. The van der Waals surface area contributed by atoms with Gasteiger partial charge in [-0.3, -0.25) is 19.2 Å². The van der Waals surface area contributed by atoms with Crippen LogP contribution in [0.3, 0.4) is 0 Å². The van der Waals surface area contributed by atoms with Crippen molar-refractivity contribution < 1.29 is 28.7 Å². The molecule has 4 fully saturated rings. The topological polar surface area (TPSA) is 86.7 Å². The number of carbonyl (C=O) groups excluding carboxylic acids is 4. The van der Waals surface area contributed by atoms with Gasteiger partial charge in [0.05, 0.1) is 6.61 Å². The molecule has 5 aliphatic rings. The Morgan fingerprint density at radius 1 is 1.15 bits per heavy atom. The third-order valence-electron chi connectivity index (χ3n) is 10.3. The lowest BCUT2D eigenvalue weighted by Gasteiger charge is -2.61. The molecular weight excluding hydrogens is 452 g/mol. The van der Waals surface area contributed by atoms with Gasteiger partial charge < -0.3 is 9.47 Å². The van der Waals surface area contributed by atoms with Crippen LogP contribution >= 0.6 is 11.8 Å². The fourth-order valence-corrected chi connectivity index (χ4v) is 9.80. The van der Waals surface area contributed by atoms with Crippen LogP contribution in [0.15, 0.2) is 11.6 Å². The van der Waals surface area contributed by atoms with E-state index in [-0.39, 0.29) is 33.6 Å². The molecule has 2 unspecified atom stereocenters. The van der Waals surface area contributed by atoms with E-state index in [9.17, 15) is 19.2 Å². The Bertz CT molecular complexity index is 972. The van der Waals surface area contributed by atoms with Crippen LogP contribution in [0.2, 0.25) is 0 Å². The molecule has 8 atom stereocenters. The molecule has 1 spiro atoms. The van der Waals surface area contributed by atoms with Crippen molar-refractivity contribution in [3.05, 3.63) is 11.6 Å². The van der Waals surface area contributed by atoms with Gasteiger partial charge in [0.25, 0.3) is 0 Å². The number of ketones is 1. The first kappa shape index (κ1) is 24.1. The summed E-state index contributed by atoms with van der Waals surface area (Å²) in [5, 5.41) is 0.246. The maximum absolute atomic E-state index is 12.8. The molecule has 6 nitrogen and oxygen atoms in total. The van der Waals surface area contributed by atoms with Gasteiger partial charge in [0, 0.05) is 30.4 Å². The highest BCUT2D eigenvalue weighted by atomic mass is 32.2. The van der Waals surface area contributed by atoms with Crippen LogP contribution in [-0.2, 0) is 28.7 Å². The molecule has 3 saturated carbocycles. The predicted octanol–water partition coefficient (Wildman–Crippen LogP) is 4.64. The van der Waals surface area contributed by atoms with Crippen molar-refractivity contribution >= 4 is 34.6 Å². The molecule has 1 saturated heterocycles. The van der Waals surface area contributed by atoms with Gasteiger partial charge in [-0.05, 0) is 74.7 Å². The summed E-state index contributed by atoms with van der Waals surface area (Å²) in [6.07, 6.45) is 8.13. The SMILES string of the molecule is CCOC(=O)C1C[C@@]2(CC[C@H]3[C@@H]4C(SC(C)=O)CC5=CC(=O)CC[C@]5(C)[C@H]4CC[C@@]32C)OC1=O. The predicted molar refractivity (Wildman–Crippen MR) is 128 cm³/mol. The minimum atomic E-state index is -0.835. The lowest BCUT2D eigenvalue weighted by Crippen LogP contribution is -2.57. The Hall–Kier alpha value is -1.63.